The van der Waals surface area contributed by atoms with Gasteiger partial charge in [-0.05, 0) is 38.1 Å². The van der Waals surface area contributed by atoms with E-state index < -0.39 is 9.84 Å². The molecule has 0 aliphatic heterocycles. The quantitative estimate of drug-likeness (QED) is 0.728. The molecule has 0 bridgehead atoms. The molecule has 0 radical (unpaired) electrons. The molecule has 0 N–H and O–H groups in total. The van der Waals surface area contributed by atoms with Crippen LogP contribution in [0.4, 0.5) is 0 Å². The van der Waals surface area contributed by atoms with Crippen molar-refractivity contribution in [1.82, 2.24) is 4.98 Å². The van der Waals surface area contributed by atoms with Crippen molar-refractivity contribution < 1.29 is 12.8 Å². The fraction of sp³-hybridized carbons (Fsp3) is 0.167. The summed E-state index contributed by atoms with van der Waals surface area (Å²) in [5.41, 5.74) is 3.39. The number of hydrogen-bond acceptors (Lipinski definition) is 4. The van der Waals surface area contributed by atoms with Crippen LogP contribution in [0.3, 0.4) is 0 Å². The maximum absolute atomic E-state index is 12.4. The molecular formula is C18H17NO3S. The fourth-order valence-corrected chi connectivity index (χ4v) is 3.47. The number of nitrogens with zero attached hydrogens (tertiary/aromatic N) is 1. The molecule has 1 heterocycles. The van der Waals surface area contributed by atoms with Crippen molar-refractivity contribution in [1.29, 1.82) is 0 Å². The molecule has 118 valence electrons. The van der Waals surface area contributed by atoms with E-state index in [9.17, 15) is 8.42 Å². The zero-order valence-corrected chi connectivity index (χ0v) is 13.8. The first kappa shape index (κ1) is 15.5. The summed E-state index contributed by atoms with van der Waals surface area (Å²) in [5, 5.41) is 0. The average molecular weight is 327 g/mol. The van der Waals surface area contributed by atoms with Crippen LogP contribution >= 0.6 is 0 Å². The third-order valence-electron chi connectivity index (χ3n) is 3.57. The topological polar surface area (TPSA) is 60.2 Å². The zero-order valence-electron chi connectivity index (χ0n) is 13.0. The van der Waals surface area contributed by atoms with E-state index in [1.807, 2.05) is 38.1 Å². The molecule has 0 amide bonds. The Morgan fingerprint density at radius 2 is 1.48 bits per heavy atom. The number of oxazole rings is 1. The van der Waals surface area contributed by atoms with Gasteiger partial charge in [0, 0.05) is 5.56 Å². The van der Waals surface area contributed by atoms with E-state index in [-0.39, 0.29) is 5.75 Å². The SMILES string of the molecule is Cc1ccc(-c2nc(CS(=O)(=O)c3ccc(C)cc3)co2)cc1. The Hall–Kier alpha value is -2.40. The van der Waals surface area contributed by atoms with Gasteiger partial charge in [0.2, 0.25) is 5.89 Å². The maximum atomic E-state index is 12.4. The van der Waals surface area contributed by atoms with Gasteiger partial charge in [-0.3, -0.25) is 0 Å². The molecule has 1 aromatic heterocycles. The second kappa shape index (κ2) is 6.01. The highest BCUT2D eigenvalue weighted by molar-refractivity contribution is 7.90. The van der Waals surface area contributed by atoms with Gasteiger partial charge in [-0.1, -0.05) is 35.4 Å². The molecule has 0 atom stereocenters. The van der Waals surface area contributed by atoms with Crippen molar-refractivity contribution in [2.24, 2.45) is 0 Å². The lowest BCUT2D eigenvalue weighted by Crippen LogP contribution is -2.05. The first-order valence-corrected chi connectivity index (χ1v) is 8.90. The van der Waals surface area contributed by atoms with Crippen molar-refractivity contribution in [3.05, 3.63) is 71.6 Å². The Morgan fingerprint density at radius 1 is 0.913 bits per heavy atom. The van der Waals surface area contributed by atoms with Crippen LogP contribution in [-0.4, -0.2) is 13.4 Å². The van der Waals surface area contributed by atoms with Crippen LogP contribution in [0.1, 0.15) is 16.8 Å². The summed E-state index contributed by atoms with van der Waals surface area (Å²) in [6.07, 6.45) is 1.40. The number of benzene rings is 2. The lowest BCUT2D eigenvalue weighted by Gasteiger charge is -2.02. The van der Waals surface area contributed by atoms with E-state index >= 15 is 0 Å². The first-order valence-electron chi connectivity index (χ1n) is 7.25. The van der Waals surface area contributed by atoms with E-state index in [0.29, 0.717) is 16.5 Å². The van der Waals surface area contributed by atoms with Gasteiger partial charge in [-0.25, -0.2) is 13.4 Å². The zero-order chi connectivity index (χ0) is 16.4. The molecule has 5 heteroatoms. The predicted octanol–water partition coefficient (Wildman–Crippen LogP) is 3.93. The average Bonchev–Trinajstić information content (AvgIpc) is 2.96. The van der Waals surface area contributed by atoms with E-state index in [1.165, 1.54) is 6.26 Å². The number of rotatable bonds is 4. The molecule has 0 saturated carbocycles. The smallest absolute Gasteiger partial charge is 0.226 e. The largest absolute Gasteiger partial charge is 0.444 e. The Morgan fingerprint density at radius 3 is 2.09 bits per heavy atom. The van der Waals surface area contributed by atoms with Crippen molar-refractivity contribution in [2.75, 3.05) is 0 Å². The van der Waals surface area contributed by atoms with Crippen molar-refractivity contribution in [3.8, 4) is 11.5 Å². The van der Waals surface area contributed by atoms with Crippen molar-refractivity contribution >= 4 is 9.84 Å². The molecule has 23 heavy (non-hydrogen) atoms. The minimum atomic E-state index is -3.43. The summed E-state index contributed by atoms with van der Waals surface area (Å²) in [6, 6.07) is 14.5. The summed E-state index contributed by atoms with van der Waals surface area (Å²) in [5.74, 6) is 0.255. The number of aromatic nitrogens is 1. The molecule has 4 nitrogen and oxygen atoms in total. The van der Waals surface area contributed by atoms with Crippen molar-refractivity contribution in [2.45, 2.75) is 24.5 Å². The standard InChI is InChI=1S/C18H17NO3S/c1-13-3-7-15(8-4-13)18-19-16(11-22-18)12-23(20,21)17-9-5-14(2)6-10-17/h3-11H,12H2,1-2H3. The van der Waals surface area contributed by atoms with Crippen LogP contribution in [0.5, 0.6) is 0 Å². The monoisotopic (exact) mass is 327 g/mol. The molecule has 0 spiro atoms. The third-order valence-corrected chi connectivity index (χ3v) is 5.23. The van der Waals surface area contributed by atoms with E-state index in [1.54, 1.807) is 24.3 Å². The van der Waals surface area contributed by atoms with Crippen LogP contribution in [0.2, 0.25) is 0 Å². The molecule has 3 aromatic rings. The second-order valence-electron chi connectivity index (χ2n) is 5.58. The Kier molecular flexibility index (Phi) is 4.05. The molecule has 0 aliphatic carbocycles. The molecule has 0 saturated heterocycles. The first-order chi connectivity index (χ1) is 10.9. The number of sulfone groups is 1. The fourth-order valence-electron chi connectivity index (χ4n) is 2.23. The second-order valence-corrected chi connectivity index (χ2v) is 7.57. The number of hydrogen-bond donors (Lipinski definition) is 0. The molecule has 3 rings (SSSR count). The van der Waals surface area contributed by atoms with Gasteiger partial charge in [0.15, 0.2) is 9.84 Å². The van der Waals surface area contributed by atoms with E-state index in [4.69, 9.17) is 4.42 Å². The Bertz CT molecular complexity index is 908. The maximum Gasteiger partial charge on any atom is 0.226 e. The van der Waals surface area contributed by atoms with Gasteiger partial charge < -0.3 is 4.42 Å². The lowest BCUT2D eigenvalue weighted by molar-refractivity contribution is 0.572. The Labute approximate surface area is 135 Å². The van der Waals surface area contributed by atoms with Crippen LogP contribution in [0.25, 0.3) is 11.5 Å². The molecular weight excluding hydrogens is 310 g/mol. The van der Waals surface area contributed by atoms with Crippen LogP contribution in [0, 0.1) is 13.8 Å². The summed E-state index contributed by atoms with van der Waals surface area (Å²) < 4.78 is 30.3. The van der Waals surface area contributed by atoms with Crippen LogP contribution in [-0.2, 0) is 15.6 Å². The minimum Gasteiger partial charge on any atom is -0.444 e. The Balaban J connectivity index is 1.83. The van der Waals surface area contributed by atoms with Gasteiger partial charge in [-0.2, -0.15) is 0 Å². The molecule has 0 unspecified atom stereocenters. The lowest BCUT2D eigenvalue weighted by atomic mass is 10.1. The normalized spacial score (nSPS) is 11.6. The molecule has 2 aromatic carbocycles. The highest BCUT2D eigenvalue weighted by Gasteiger charge is 2.18. The summed E-state index contributed by atoms with van der Waals surface area (Å²) in [6.45, 7) is 3.92. The van der Waals surface area contributed by atoms with E-state index in [2.05, 4.69) is 4.98 Å². The van der Waals surface area contributed by atoms with Crippen molar-refractivity contribution in [3.63, 3.8) is 0 Å². The third kappa shape index (κ3) is 3.51. The summed E-state index contributed by atoms with van der Waals surface area (Å²) in [7, 11) is -3.43. The summed E-state index contributed by atoms with van der Waals surface area (Å²) >= 11 is 0. The predicted molar refractivity (Wildman–Crippen MR) is 88.7 cm³/mol. The summed E-state index contributed by atoms with van der Waals surface area (Å²) in [4.78, 5) is 4.59. The van der Waals surface area contributed by atoms with Gasteiger partial charge in [-0.15, -0.1) is 0 Å². The highest BCUT2D eigenvalue weighted by atomic mass is 32.2. The highest BCUT2D eigenvalue weighted by Crippen LogP contribution is 2.22. The molecule has 0 aliphatic rings. The minimum absolute atomic E-state index is 0.175. The van der Waals surface area contributed by atoms with Gasteiger partial charge in [0.1, 0.15) is 12.0 Å². The van der Waals surface area contributed by atoms with E-state index in [0.717, 1.165) is 16.7 Å². The van der Waals surface area contributed by atoms with Gasteiger partial charge in [0.05, 0.1) is 10.6 Å². The van der Waals surface area contributed by atoms with Crippen LogP contribution in [0.15, 0.2) is 64.1 Å². The van der Waals surface area contributed by atoms with Crippen LogP contribution < -0.4 is 0 Å². The van der Waals surface area contributed by atoms with Gasteiger partial charge in [0.25, 0.3) is 0 Å². The number of aryl methyl sites for hydroxylation is 2. The van der Waals surface area contributed by atoms with Gasteiger partial charge >= 0.3 is 0 Å². The molecule has 0 fully saturated rings.